The van der Waals surface area contributed by atoms with E-state index in [1.165, 1.54) is 26.4 Å². The molecule has 3 nitrogen and oxygen atoms in total. The van der Waals surface area contributed by atoms with Gasteiger partial charge in [0.1, 0.15) is 5.92 Å². The second-order valence-electron chi connectivity index (χ2n) is 5.49. The maximum atomic E-state index is 12.4. The second kappa shape index (κ2) is 5.08. The van der Waals surface area contributed by atoms with Crippen LogP contribution in [-0.2, 0) is 9.53 Å². The molecule has 1 fully saturated rings. The van der Waals surface area contributed by atoms with E-state index >= 15 is 0 Å². The van der Waals surface area contributed by atoms with E-state index in [0.717, 1.165) is 23.3 Å². The van der Waals surface area contributed by atoms with Gasteiger partial charge < -0.3 is 4.74 Å². The summed E-state index contributed by atoms with van der Waals surface area (Å²) in [6.45, 7) is 0. The lowest BCUT2D eigenvalue weighted by Gasteiger charge is -2.29. The van der Waals surface area contributed by atoms with Gasteiger partial charge in [-0.05, 0) is 30.2 Å². The number of thiophene rings is 1. The molecule has 0 unspecified atom stereocenters. The Morgan fingerprint density at radius 1 is 1.32 bits per heavy atom. The topological polar surface area (TPSA) is 43.4 Å². The minimum atomic E-state index is -0.587. The highest BCUT2D eigenvalue weighted by Crippen LogP contribution is 2.49. The first-order valence-corrected chi connectivity index (χ1v) is 7.81. The maximum Gasteiger partial charge on any atom is 0.317 e. The van der Waals surface area contributed by atoms with Crippen LogP contribution in [-0.4, -0.2) is 18.9 Å². The first-order valence-electron chi connectivity index (χ1n) is 6.93. The van der Waals surface area contributed by atoms with Gasteiger partial charge in [-0.3, -0.25) is 9.59 Å². The number of Topliss-reactive ketones (excluding diaryl/α,β-unsaturated/α-hetero) is 1. The van der Waals surface area contributed by atoms with Gasteiger partial charge in [0.2, 0.25) is 0 Å². The minimum Gasteiger partial charge on any atom is -0.468 e. The molecule has 1 heterocycles. The summed E-state index contributed by atoms with van der Waals surface area (Å²) in [6.07, 6.45) is 5.96. The van der Waals surface area contributed by atoms with Gasteiger partial charge in [-0.25, -0.2) is 0 Å². The lowest BCUT2D eigenvalue weighted by atomic mass is 9.75. The molecule has 2 aliphatic carbocycles. The molecule has 1 saturated carbocycles. The third kappa shape index (κ3) is 2.02. The fourth-order valence-corrected chi connectivity index (χ4v) is 4.76. The Labute approximate surface area is 117 Å². The van der Waals surface area contributed by atoms with Gasteiger partial charge in [-0.1, -0.05) is 19.3 Å². The van der Waals surface area contributed by atoms with Crippen molar-refractivity contribution >= 4 is 23.1 Å². The Balaban J connectivity index is 1.97. The number of methoxy groups -OCH3 is 1. The van der Waals surface area contributed by atoms with Gasteiger partial charge in [0.25, 0.3) is 0 Å². The molecule has 0 radical (unpaired) electrons. The zero-order valence-electron chi connectivity index (χ0n) is 11.1. The van der Waals surface area contributed by atoms with Gasteiger partial charge in [0.15, 0.2) is 5.78 Å². The largest absolute Gasteiger partial charge is 0.468 e. The average molecular weight is 278 g/mol. The monoisotopic (exact) mass is 278 g/mol. The standard InChI is InChI=1S/C15H18O3S/c1-18-15(17)12-11(9-5-3-2-4-6-9)14-10(13(12)16)7-8-19-14/h7-9,11-12H,2-6H2,1H3/t11-,12-/m0/s1. The Bertz CT molecular complexity index is 499. The third-order valence-corrected chi connectivity index (χ3v) is 5.54. The number of rotatable bonds is 2. The van der Waals surface area contributed by atoms with Crippen LogP contribution in [0.2, 0.25) is 0 Å². The van der Waals surface area contributed by atoms with E-state index in [-0.39, 0.29) is 17.7 Å². The van der Waals surface area contributed by atoms with Crippen LogP contribution in [0.15, 0.2) is 11.4 Å². The highest BCUT2D eigenvalue weighted by molar-refractivity contribution is 7.10. The number of carbonyl (C=O) groups is 2. The fraction of sp³-hybridized carbons (Fsp3) is 0.600. The molecule has 0 N–H and O–H groups in total. The predicted molar refractivity (Wildman–Crippen MR) is 73.5 cm³/mol. The van der Waals surface area contributed by atoms with Crippen molar-refractivity contribution in [2.45, 2.75) is 38.0 Å². The summed E-state index contributed by atoms with van der Waals surface area (Å²) in [7, 11) is 1.37. The van der Waals surface area contributed by atoms with Crippen molar-refractivity contribution in [2.75, 3.05) is 7.11 Å². The lowest BCUT2D eigenvalue weighted by molar-refractivity contribution is -0.144. The molecule has 2 aliphatic rings. The molecule has 0 amide bonds. The molecule has 0 saturated heterocycles. The van der Waals surface area contributed by atoms with Crippen molar-refractivity contribution in [1.29, 1.82) is 0 Å². The highest BCUT2D eigenvalue weighted by atomic mass is 32.1. The van der Waals surface area contributed by atoms with E-state index in [9.17, 15) is 9.59 Å². The second-order valence-corrected chi connectivity index (χ2v) is 6.44. The van der Waals surface area contributed by atoms with Crippen molar-refractivity contribution in [3.8, 4) is 0 Å². The molecule has 0 aliphatic heterocycles. The van der Waals surface area contributed by atoms with Crippen LogP contribution in [0.3, 0.4) is 0 Å². The van der Waals surface area contributed by atoms with Gasteiger partial charge in [0.05, 0.1) is 7.11 Å². The van der Waals surface area contributed by atoms with Gasteiger partial charge in [0, 0.05) is 16.4 Å². The Morgan fingerprint density at radius 2 is 2.05 bits per heavy atom. The van der Waals surface area contributed by atoms with Crippen LogP contribution in [0, 0.1) is 11.8 Å². The lowest BCUT2D eigenvalue weighted by Crippen LogP contribution is -2.30. The Kier molecular flexibility index (Phi) is 3.44. The number of hydrogen-bond donors (Lipinski definition) is 0. The van der Waals surface area contributed by atoms with Crippen LogP contribution in [0.4, 0.5) is 0 Å². The first-order chi connectivity index (χ1) is 9.24. The molecule has 19 heavy (non-hydrogen) atoms. The molecule has 0 bridgehead atoms. The van der Waals surface area contributed by atoms with Crippen LogP contribution < -0.4 is 0 Å². The summed E-state index contributed by atoms with van der Waals surface area (Å²) in [5.74, 6) is -0.449. The van der Waals surface area contributed by atoms with Crippen molar-refractivity contribution in [1.82, 2.24) is 0 Å². The number of carbonyl (C=O) groups excluding carboxylic acids is 2. The van der Waals surface area contributed by atoms with E-state index in [0.29, 0.717) is 5.92 Å². The van der Waals surface area contributed by atoms with E-state index in [2.05, 4.69) is 0 Å². The summed E-state index contributed by atoms with van der Waals surface area (Å²) < 4.78 is 4.87. The molecule has 1 aromatic rings. The van der Waals surface area contributed by atoms with Crippen LogP contribution >= 0.6 is 11.3 Å². The van der Waals surface area contributed by atoms with Gasteiger partial charge >= 0.3 is 5.97 Å². The molecule has 0 aromatic carbocycles. The molecule has 0 spiro atoms. The van der Waals surface area contributed by atoms with Crippen LogP contribution in [0.5, 0.6) is 0 Å². The SMILES string of the molecule is COC(=O)[C@@H]1C(=O)c2ccsc2[C@H]1C1CCCCC1. The molecule has 102 valence electrons. The number of ketones is 1. The molecular formula is C15H18O3S. The molecule has 2 atom stereocenters. The summed E-state index contributed by atoms with van der Waals surface area (Å²) in [4.78, 5) is 25.5. The van der Waals surface area contributed by atoms with Gasteiger partial charge in [-0.15, -0.1) is 11.3 Å². The minimum absolute atomic E-state index is 0.0290. The van der Waals surface area contributed by atoms with Crippen molar-refractivity contribution in [3.05, 3.63) is 21.9 Å². The van der Waals surface area contributed by atoms with E-state index < -0.39 is 5.92 Å². The summed E-state index contributed by atoms with van der Waals surface area (Å²) in [5.41, 5.74) is 0.760. The molecule has 4 heteroatoms. The molecule has 3 rings (SSSR count). The fourth-order valence-electron chi connectivity index (χ4n) is 3.62. The summed E-state index contributed by atoms with van der Waals surface area (Å²) in [5, 5.41) is 1.96. The average Bonchev–Trinajstić information content (AvgIpc) is 3.01. The number of fused-ring (bicyclic) bond motifs is 1. The summed E-state index contributed by atoms with van der Waals surface area (Å²) >= 11 is 1.62. The zero-order valence-corrected chi connectivity index (χ0v) is 11.9. The molecular weight excluding hydrogens is 260 g/mol. The highest BCUT2D eigenvalue weighted by Gasteiger charge is 2.49. The first kappa shape index (κ1) is 12.9. The quantitative estimate of drug-likeness (QED) is 0.615. The Morgan fingerprint density at radius 3 is 2.74 bits per heavy atom. The van der Waals surface area contributed by atoms with E-state index in [1.54, 1.807) is 11.3 Å². The van der Waals surface area contributed by atoms with Gasteiger partial charge in [-0.2, -0.15) is 0 Å². The number of hydrogen-bond acceptors (Lipinski definition) is 4. The molecule has 1 aromatic heterocycles. The van der Waals surface area contributed by atoms with Crippen LogP contribution in [0.25, 0.3) is 0 Å². The van der Waals surface area contributed by atoms with Crippen molar-refractivity contribution in [2.24, 2.45) is 11.8 Å². The van der Waals surface area contributed by atoms with E-state index in [4.69, 9.17) is 4.74 Å². The smallest absolute Gasteiger partial charge is 0.317 e. The summed E-state index contributed by atoms with van der Waals surface area (Å²) in [6, 6.07) is 1.86. The van der Waals surface area contributed by atoms with Crippen LogP contribution in [0.1, 0.15) is 53.3 Å². The predicted octanol–water partition coefficient (Wildman–Crippen LogP) is 3.40. The van der Waals surface area contributed by atoms with Crippen molar-refractivity contribution < 1.29 is 14.3 Å². The Hall–Kier alpha value is -1.16. The normalized spacial score (nSPS) is 27.3. The number of ether oxygens (including phenoxy) is 1. The zero-order chi connectivity index (χ0) is 13.4. The maximum absolute atomic E-state index is 12.4. The third-order valence-electron chi connectivity index (χ3n) is 4.52. The van der Waals surface area contributed by atoms with E-state index in [1.807, 2.05) is 11.4 Å². The van der Waals surface area contributed by atoms with Crippen molar-refractivity contribution in [3.63, 3.8) is 0 Å². The number of esters is 1.